The zero-order valence-corrected chi connectivity index (χ0v) is 30.0. The summed E-state index contributed by atoms with van der Waals surface area (Å²) in [5.74, 6) is 0.605. The van der Waals surface area contributed by atoms with E-state index in [1.54, 1.807) is 5.57 Å². The fourth-order valence-corrected chi connectivity index (χ4v) is 9.30. The molecular weight excluding hydrogens is 625 g/mol. The molecule has 0 bridgehead atoms. The van der Waals surface area contributed by atoms with Gasteiger partial charge in [-0.1, -0.05) is 105 Å². The number of fused-ring (bicyclic) bond motifs is 3. The van der Waals surface area contributed by atoms with Crippen LogP contribution in [0.2, 0.25) is 0 Å². The van der Waals surface area contributed by atoms with Crippen LogP contribution in [0, 0.1) is 5.92 Å². The topological polar surface area (TPSA) is 6.48 Å². The number of nitrogens with zero attached hydrogens (tertiary/aromatic N) is 2. The van der Waals surface area contributed by atoms with Crippen molar-refractivity contribution in [2.75, 3.05) is 9.80 Å². The summed E-state index contributed by atoms with van der Waals surface area (Å²) < 4.78 is 2.63. The van der Waals surface area contributed by atoms with Gasteiger partial charge in [-0.05, 0) is 121 Å². The molecule has 248 valence electrons. The van der Waals surface area contributed by atoms with E-state index >= 15 is 0 Å². The first-order valence-corrected chi connectivity index (χ1v) is 18.9. The van der Waals surface area contributed by atoms with Crippen LogP contribution >= 0.6 is 11.3 Å². The molecular formula is C47H44N2S. The Morgan fingerprint density at radius 2 is 1.10 bits per heavy atom. The van der Waals surface area contributed by atoms with Crippen LogP contribution in [0.15, 0.2) is 163 Å². The maximum atomic E-state index is 2.52. The molecule has 0 saturated heterocycles. The standard InChI is InChI=1S/C47H44N2S/c1-4-35-29-34(3)32-47(5-2,33-35)36-23-25-39(26-24-36)48(37-15-8-6-9-16-37)40-19-14-20-41(30-40)49(38-17-10-7-11-18-38)42-27-28-46-44(31-42)43-21-12-13-22-45(43)50-46/h6-31,34H,4-5,32-33H2,1-3H3. The summed E-state index contributed by atoms with van der Waals surface area (Å²) in [6, 6.07) is 55.6. The molecule has 0 saturated carbocycles. The zero-order chi connectivity index (χ0) is 34.1. The number of hydrogen-bond donors (Lipinski definition) is 0. The maximum absolute atomic E-state index is 2.52. The Kier molecular flexibility index (Phi) is 8.77. The van der Waals surface area contributed by atoms with E-state index in [2.05, 4.69) is 188 Å². The highest BCUT2D eigenvalue weighted by Gasteiger charge is 2.35. The van der Waals surface area contributed by atoms with Crippen molar-refractivity contribution in [2.45, 2.75) is 51.9 Å². The van der Waals surface area contributed by atoms with Crippen molar-refractivity contribution in [3.05, 3.63) is 169 Å². The third kappa shape index (κ3) is 6.01. The zero-order valence-electron chi connectivity index (χ0n) is 29.2. The smallest absolute Gasteiger partial charge is 0.0482 e. The number of thiophene rings is 1. The Morgan fingerprint density at radius 1 is 0.560 bits per heavy atom. The molecule has 3 heteroatoms. The molecule has 0 radical (unpaired) electrons. The predicted octanol–water partition coefficient (Wildman–Crippen LogP) is 14.4. The van der Waals surface area contributed by atoms with E-state index in [0.717, 1.165) is 53.4 Å². The van der Waals surface area contributed by atoms with Gasteiger partial charge < -0.3 is 9.80 Å². The molecule has 0 spiro atoms. The lowest BCUT2D eigenvalue weighted by molar-refractivity contribution is 0.316. The molecule has 1 aliphatic carbocycles. The van der Waals surface area contributed by atoms with Crippen molar-refractivity contribution in [1.29, 1.82) is 0 Å². The molecule has 2 nitrogen and oxygen atoms in total. The molecule has 1 aliphatic rings. The third-order valence-corrected chi connectivity index (χ3v) is 11.8. The molecule has 6 aromatic carbocycles. The Morgan fingerprint density at radius 3 is 1.76 bits per heavy atom. The van der Waals surface area contributed by atoms with Gasteiger partial charge in [0.25, 0.3) is 0 Å². The molecule has 8 rings (SSSR count). The van der Waals surface area contributed by atoms with Gasteiger partial charge in [0.15, 0.2) is 0 Å². The van der Waals surface area contributed by atoms with Crippen LogP contribution in [0.1, 0.15) is 52.0 Å². The molecule has 2 atom stereocenters. The Balaban J connectivity index is 1.22. The van der Waals surface area contributed by atoms with E-state index in [4.69, 9.17) is 0 Å². The van der Waals surface area contributed by atoms with E-state index in [9.17, 15) is 0 Å². The van der Waals surface area contributed by atoms with Crippen LogP contribution in [0.4, 0.5) is 34.1 Å². The number of para-hydroxylation sites is 2. The molecule has 0 aliphatic heterocycles. The molecule has 50 heavy (non-hydrogen) atoms. The minimum atomic E-state index is 0.195. The van der Waals surface area contributed by atoms with Crippen molar-refractivity contribution in [1.82, 2.24) is 0 Å². The number of rotatable bonds is 9. The predicted molar refractivity (Wildman–Crippen MR) is 217 cm³/mol. The van der Waals surface area contributed by atoms with Crippen LogP contribution in [0.25, 0.3) is 20.2 Å². The minimum Gasteiger partial charge on any atom is -0.310 e. The highest BCUT2D eigenvalue weighted by atomic mass is 32.1. The second-order valence-corrected chi connectivity index (χ2v) is 14.9. The van der Waals surface area contributed by atoms with E-state index in [0.29, 0.717) is 5.92 Å². The molecule has 0 N–H and O–H groups in total. The molecule has 0 amide bonds. The lowest BCUT2D eigenvalue weighted by Gasteiger charge is -2.40. The van der Waals surface area contributed by atoms with Crippen LogP contribution in [-0.2, 0) is 5.41 Å². The maximum Gasteiger partial charge on any atom is 0.0482 e. The SMILES string of the molecule is CCC1=CC(C)CC(CC)(c2ccc(N(c3ccccc3)c3cccc(N(c4ccccc4)c4ccc5sc6ccccc6c5c4)c3)cc2)C1. The van der Waals surface area contributed by atoms with Crippen LogP contribution in [-0.4, -0.2) is 0 Å². The number of anilines is 6. The van der Waals surface area contributed by atoms with Gasteiger partial charge in [0.05, 0.1) is 0 Å². The molecule has 1 heterocycles. The van der Waals surface area contributed by atoms with Crippen LogP contribution in [0.3, 0.4) is 0 Å². The first-order chi connectivity index (χ1) is 24.5. The summed E-state index contributed by atoms with van der Waals surface area (Å²) in [7, 11) is 0. The second kappa shape index (κ2) is 13.7. The summed E-state index contributed by atoms with van der Waals surface area (Å²) in [5, 5.41) is 2.61. The number of benzene rings is 6. The molecule has 2 unspecified atom stereocenters. The quantitative estimate of drug-likeness (QED) is 0.141. The van der Waals surface area contributed by atoms with Gasteiger partial charge in [0, 0.05) is 54.3 Å². The highest BCUT2D eigenvalue weighted by molar-refractivity contribution is 7.25. The Labute approximate surface area is 301 Å². The third-order valence-electron chi connectivity index (χ3n) is 10.7. The first-order valence-electron chi connectivity index (χ1n) is 18.1. The number of hydrogen-bond acceptors (Lipinski definition) is 3. The fourth-order valence-electron chi connectivity index (χ4n) is 8.22. The van der Waals surface area contributed by atoms with Gasteiger partial charge in [-0.15, -0.1) is 11.3 Å². The largest absolute Gasteiger partial charge is 0.310 e. The van der Waals surface area contributed by atoms with Gasteiger partial charge in [-0.2, -0.15) is 0 Å². The van der Waals surface area contributed by atoms with Crippen molar-refractivity contribution in [2.24, 2.45) is 5.92 Å². The van der Waals surface area contributed by atoms with E-state index in [1.807, 2.05) is 11.3 Å². The normalized spacial score (nSPS) is 17.5. The lowest BCUT2D eigenvalue weighted by Crippen LogP contribution is -2.31. The monoisotopic (exact) mass is 668 g/mol. The van der Waals surface area contributed by atoms with Gasteiger partial charge >= 0.3 is 0 Å². The average Bonchev–Trinajstić information content (AvgIpc) is 3.54. The molecule has 7 aromatic rings. The van der Waals surface area contributed by atoms with E-state index < -0.39 is 0 Å². The van der Waals surface area contributed by atoms with Crippen molar-refractivity contribution < 1.29 is 0 Å². The highest BCUT2D eigenvalue weighted by Crippen LogP contribution is 2.47. The first kappa shape index (κ1) is 32.1. The summed E-state index contributed by atoms with van der Waals surface area (Å²) in [6.45, 7) is 7.07. The van der Waals surface area contributed by atoms with Gasteiger partial charge in [-0.3, -0.25) is 0 Å². The van der Waals surface area contributed by atoms with Gasteiger partial charge in [-0.25, -0.2) is 0 Å². The second-order valence-electron chi connectivity index (χ2n) is 13.9. The summed E-state index contributed by atoms with van der Waals surface area (Å²) in [4.78, 5) is 4.78. The summed E-state index contributed by atoms with van der Waals surface area (Å²) in [6.07, 6.45) is 7.18. The fraction of sp³-hybridized carbons (Fsp3) is 0.191. The van der Waals surface area contributed by atoms with E-state index in [-0.39, 0.29) is 5.41 Å². The Hall–Kier alpha value is -5.12. The number of allylic oxidation sites excluding steroid dienone is 2. The minimum absolute atomic E-state index is 0.195. The lowest BCUT2D eigenvalue weighted by atomic mass is 9.65. The van der Waals surface area contributed by atoms with E-state index in [1.165, 1.54) is 32.2 Å². The van der Waals surface area contributed by atoms with Crippen molar-refractivity contribution >= 4 is 65.6 Å². The van der Waals surface area contributed by atoms with Crippen LogP contribution in [0.5, 0.6) is 0 Å². The van der Waals surface area contributed by atoms with Crippen molar-refractivity contribution in [3.8, 4) is 0 Å². The van der Waals surface area contributed by atoms with Crippen molar-refractivity contribution in [3.63, 3.8) is 0 Å². The van der Waals surface area contributed by atoms with Gasteiger partial charge in [0.1, 0.15) is 0 Å². The molecule has 1 aromatic heterocycles. The molecule has 0 fully saturated rings. The van der Waals surface area contributed by atoms with Crippen LogP contribution < -0.4 is 9.80 Å². The summed E-state index contributed by atoms with van der Waals surface area (Å²) >= 11 is 1.86. The average molecular weight is 669 g/mol. The van der Waals surface area contributed by atoms with Gasteiger partial charge in [0.2, 0.25) is 0 Å². The Bertz CT molecular complexity index is 2270. The summed E-state index contributed by atoms with van der Waals surface area (Å²) in [5.41, 5.74) is 10.1.